The minimum Gasteiger partial charge on any atom is -0.251 e. The van der Waals surface area contributed by atoms with E-state index in [1.54, 1.807) is 30.3 Å². The van der Waals surface area contributed by atoms with Crippen molar-refractivity contribution in [1.82, 2.24) is 0 Å². The number of hydrogen-bond acceptors (Lipinski definition) is 1. The summed E-state index contributed by atoms with van der Waals surface area (Å²) in [7, 11) is 0. The van der Waals surface area contributed by atoms with E-state index in [1.807, 2.05) is 0 Å². The number of anilines is 1. The normalized spacial score (nSPS) is 9.00. The maximum absolute atomic E-state index is 10.5. The summed E-state index contributed by atoms with van der Waals surface area (Å²) in [5.74, 6) is 0. The standard InChI is InChI=1S/C9H8NO2/c1-2-10(9(11)12)8-6-4-3-5-7-8/h2-7H,1H2. The van der Waals surface area contributed by atoms with Gasteiger partial charge in [-0.2, -0.15) is 0 Å². The highest BCUT2D eigenvalue weighted by Gasteiger charge is 2.10. The molecule has 61 valence electrons. The van der Waals surface area contributed by atoms with Crippen LogP contribution in [0.5, 0.6) is 0 Å². The van der Waals surface area contributed by atoms with Crippen molar-refractivity contribution >= 4 is 11.8 Å². The maximum Gasteiger partial charge on any atom is 0.461 e. The van der Waals surface area contributed by atoms with E-state index >= 15 is 0 Å². The zero-order chi connectivity index (χ0) is 8.97. The summed E-state index contributed by atoms with van der Waals surface area (Å²) in [6.45, 7) is 3.36. The zero-order valence-electron chi connectivity index (χ0n) is 6.43. The lowest BCUT2D eigenvalue weighted by Gasteiger charge is -2.11. The SMILES string of the molecule is C=CN(C([O])=O)c1ccccc1. The smallest absolute Gasteiger partial charge is 0.251 e. The highest BCUT2D eigenvalue weighted by molar-refractivity contribution is 5.87. The van der Waals surface area contributed by atoms with E-state index in [1.165, 1.54) is 6.20 Å². The molecule has 1 aromatic carbocycles. The van der Waals surface area contributed by atoms with Crippen LogP contribution in [-0.4, -0.2) is 6.09 Å². The van der Waals surface area contributed by atoms with Gasteiger partial charge in [0.1, 0.15) is 0 Å². The summed E-state index contributed by atoms with van der Waals surface area (Å²) in [6.07, 6.45) is -0.0822. The zero-order valence-corrected chi connectivity index (χ0v) is 6.43. The fourth-order valence-corrected chi connectivity index (χ4v) is 0.874. The molecule has 0 unspecified atom stereocenters. The first-order valence-electron chi connectivity index (χ1n) is 3.43. The molecule has 0 aliphatic rings. The highest BCUT2D eigenvalue weighted by atomic mass is 16.4. The molecule has 12 heavy (non-hydrogen) atoms. The topological polar surface area (TPSA) is 40.2 Å². The Balaban J connectivity index is 2.95. The molecule has 0 spiro atoms. The van der Waals surface area contributed by atoms with E-state index in [9.17, 15) is 9.90 Å². The molecule has 1 amide bonds. The molecule has 1 aromatic rings. The van der Waals surface area contributed by atoms with E-state index in [-0.39, 0.29) is 0 Å². The van der Waals surface area contributed by atoms with Crippen LogP contribution < -0.4 is 4.90 Å². The van der Waals surface area contributed by atoms with Crippen LogP contribution in [0.4, 0.5) is 10.5 Å². The highest BCUT2D eigenvalue weighted by Crippen LogP contribution is 2.12. The summed E-state index contributed by atoms with van der Waals surface area (Å²) in [5.41, 5.74) is 0.535. The van der Waals surface area contributed by atoms with E-state index < -0.39 is 6.09 Å². The van der Waals surface area contributed by atoms with Crippen molar-refractivity contribution in [3.05, 3.63) is 43.1 Å². The van der Waals surface area contributed by atoms with Gasteiger partial charge in [0.15, 0.2) is 0 Å². The third-order valence-corrected chi connectivity index (χ3v) is 1.41. The molecule has 0 heterocycles. The van der Waals surface area contributed by atoms with Gasteiger partial charge >= 0.3 is 6.09 Å². The molecule has 0 atom stereocenters. The van der Waals surface area contributed by atoms with Crippen molar-refractivity contribution in [3.63, 3.8) is 0 Å². The van der Waals surface area contributed by atoms with Gasteiger partial charge < -0.3 is 0 Å². The summed E-state index contributed by atoms with van der Waals surface area (Å²) < 4.78 is 0. The number of para-hydroxylation sites is 1. The first-order chi connectivity index (χ1) is 5.75. The quantitative estimate of drug-likeness (QED) is 0.657. The molecule has 1 rings (SSSR count). The molecule has 0 saturated heterocycles. The number of nitrogens with zero attached hydrogens (tertiary/aromatic N) is 1. The maximum atomic E-state index is 10.5. The Labute approximate surface area is 70.6 Å². The molecule has 0 aromatic heterocycles. The van der Waals surface area contributed by atoms with Crippen molar-refractivity contribution in [3.8, 4) is 0 Å². The predicted octanol–water partition coefficient (Wildman–Crippen LogP) is 2.19. The molecule has 1 radical (unpaired) electrons. The number of rotatable bonds is 2. The Kier molecular flexibility index (Phi) is 2.48. The Bertz CT molecular complexity index is 282. The average Bonchev–Trinajstić information content (AvgIpc) is 2.07. The molecular weight excluding hydrogens is 154 g/mol. The van der Waals surface area contributed by atoms with Gasteiger partial charge in [0, 0.05) is 6.20 Å². The van der Waals surface area contributed by atoms with Crippen molar-refractivity contribution < 1.29 is 9.90 Å². The predicted molar refractivity (Wildman–Crippen MR) is 45.2 cm³/mol. The van der Waals surface area contributed by atoms with E-state index in [0.29, 0.717) is 5.69 Å². The molecule has 3 heteroatoms. The largest absolute Gasteiger partial charge is 0.461 e. The summed E-state index contributed by atoms with van der Waals surface area (Å²) in [6, 6.07) is 8.62. The van der Waals surface area contributed by atoms with Crippen LogP contribution >= 0.6 is 0 Å². The summed E-state index contributed by atoms with van der Waals surface area (Å²) >= 11 is 0. The molecule has 3 nitrogen and oxygen atoms in total. The van der Waals surface area contributed by atoms with Crippen molar-refractivity contribution in [2.45, 2.75) is 0 Å². The van der Waals surface area contributed by atoms with Crippen LogP contribution in [0.25, 0.3) is 0 Å². The Morgan fingerprint density at radius 3 is 2.33 bits per heavy atom. The van der Waals surface area contributed by atoms with Gasteiger partial charge in [0.25, 0.3) is 0 Å². The lowest BCUT2D eigenvalue weighted by atomic mass is 10.3. The lowest BCUT2D eigenvalue weighted by Crippen LogP contribution is -2.20. The molecular formula is C9H8NO2. The van der Waals surface area contributed by atoms with Gasteiger partial charge in [-0.3, -0.25) is 4.90 Å². The molecule has 0 aliphatic heterocycles. The van der Waals surface area contributed by atoms with Crippen LogP contribution in [-0.2, 0) is 5.11 Å². The van der Waals surface area contributed by atoms with Gasteiger partial charge in [0.05, 0.1) is 5.69 Å². The molecule has 0 saturated carbocycles. The summed E-state index contributed by atoms with van der Waals surface area (Å²) in [4.78, 5) is 11.4. The van der Waals surface area contributed by atoms with Gasteiger partial charge in [-0.1, -0.05) is 24.8 Å². The first kappa shape index (κ1) is 8.33. The Hall–Kier alpha value is -1.77. The van der Waals surface area contributed by atoms with Gasteiger partial charge in [-0.25, -0.2) is 9.90 Å². The minimum absolute atomic E-state index is 0.535. The lowest BCUT2D eigenvalue weighted by molar-refractivity contribution is 0.179. The third kappa shape index (κ3) is 1.63. The van der Waals surface area contributed by atoms with Crippen molar-refractivity contribution in [1.29, 1.82) is 0 Å². The first-order valence-corrected chi connectivity index (χ1v) is 3.43. The van der Waals surface area contributed by atoms with Crippen LogP contribution in [0.15, 0.2) is 43.1 Å². The van der Waals surface area contributed by atoms with Gasteiger partial charge in [0.2, 0.25) is 0 Å². The van der Waals surface area contributed by atoms with E-state index in [2.05, 4.69) is 6.58 Å². The van der Waals surface area contributed by atoms with E-state index in [0.717, 1.165) is 4.90 Å². The van der Waals surface area contributed by atoms with Crippen molar-refractivity contribution in [2.24, 2.45) is 0 Å². The number of carbonyl (C=O) groups excluding carboxylic acids is 1. The van der Waals surface area contributed by atoms with Crippen LogP contribution in [0.2, 0.25) is 0 Å². The second-order valence-electron chi connectivity index (χ2n) is 2.15. The Morgan fingerprint density at radius 1 is 1.33 bits per heavy atom. The summed E-state index contributed by atoms with van der Waals surface area (Å²) in [5, 5.41) is 10.5. The van der Waals surface area contributed by atoms with E-state index in [4.69, 9.17) is 0 Å². The van der Waals surface area contributed by atoms with Crippen LogP contribution in [0, 0.1) is 0 Å². The second-order valence-corrected chi connectivity index (χ2v) is 2.15. The fraction of sp³-hybridized carbons (Fsp3) is 0. The number of hydrogen-bond donors (Lipinski definition) is 0. The second kappa shape index (κ2) is 3.57. The van der Waals surface area contributed by atoms with Gasteiger partial charge in [-0.05, 0) is 12.1 Å². The molecule has 0 N–H and O–H groups in total. The third-order valence-electron chi connectivity index (χ3n) is 1.41. The molecule has 0 aliphatic carbocycles. The fourth-order valence-electron chi connectivity index (χ4n) is 0.874. The van der Waals surface area contributed by atoms with Crippen molar-refractivity contribution in [2.75, 3.05) is 4.90 Å². The van der Waals surface area contributed by atoms with Crippen LogP contribution in [0.1, 0.15) is 0 Å². The molecule has 0 fully saturated rings. The average molecular weight is 162 g/mol. The Morgan fingerprint density at radius 2 is 1.92 bits per heavy atom. The van der Waals surface area contributed by atoms with Crippen LogP contribution in [0.3, 0.4) is 0 Å². The number of carbonyl (C=O) groups is 1. The molecule has 0 bridgehead atoms. The minimum atomic E-state index is -1.28. The number of amides is 1. The monoisotopic (exact) mass is 162 g/mol. The number of benzene rings is 1. The van der Waals surface area contributed by atoms with Gasteiger partial charge in [-0.15, -0.1) is 0 Å².